The first-order valence-electron chi connectivity index (χ1n) is 5.53. The van der Waals surface area contributed by atoms with Crippen molar-refractivity contribution in [1.82, 2.24) is 15.1 Å². The number of hydrogen-bond donors (Lipinski definition) is 2. The molecule has 4 heteroatoms. The lowest BCUT2D eigenvalue weighted by Crippen LogP contribution is -2.46. The minimum atomic E-state index is -0.448. The quantitative estimate of drug-likeness (QED) is 0.777. The van der Waals surface area contributed by atoms with E-state index in [1.807, 2.05) is 19.4 Å². The van der Waals surface area contributed by atoms with Gasteiger partial charge in [0.05, 0.1) is 11.8 Å². The maximum Gasteiger partial charge on any atom is 0.0771 e. The van der Waals surface area contributed by atoms with Crippen LogP contribution in [0.1, 0.15) is 37.8 Å². The van der Waals surface area contributed by atoms with E-state index in [1.54, 1.807) is 4.68 Å². The lowest BCUT2D eigenvalue weighted by atomic mass is 9.80. The molecule has 1 saturated carbocycles. The van der Waals surface area contributed by atoms with E-state index >= 15 is 0 Å². The molecule has 15 heavy (non-hydrogen) atoms. The summed E-state index contributed by atoms with van der Waals surface area (Å²) in [6.07, 6.45) is 6.88. The predicted molar refractivity (Wildman–Crippen MR) is 58.4 cm³/mol. The Balaban J connectivity index is 1.84. The van der Waals surface area contributed by atoms with Crippen molar-refractivity contribution in [3.8, 4) is 0 Å². The minimum Gasteiger partial charge on any atom is -0.389 e. The van der Waals surface area contributed by atoms with Crippen molar-refractivity contribution < 1.29 is 5.11 Å². The van der Waals surface area contributed by atoms with Crippen LogP contribution >= 0.6 is 0 Å². The fourth-order valence-electron chi connectivity index (χ4n) is 1.89. The van der Waals surface area contributed by atoms with Gasteiger partial charge in [0.2, 0.25) is 0 Å². The van der Waals surface area contributed by atoms with Crippen molar-refractivity contribution in [2.24, 2.45) is 7.05 Å². The molecule has 2 rings (SSSR count). The minimum absolute atomic E-state index is 0.253. The summed E-state index contributed by atoms with van der Waals surface area (Å²) in [7, 11) is 1.91. The summed E-state index contributed by atoms with van der Waals surface area (Å²) in [5.41, 5.74) is 0.719. The van der Waals surface area contributed by atoms with E-state index in [0.29, 0.717) is 6.54 Å². The molecule has 1 aromatic heterocycles. The van der Waals surface area contributed by atoms with Gasteiger partial charge >= 0.3 is 0 Å². The van der Waals surface area contributed by atoms with Gasteiger partial charge in [-0.3, -0.25) is 4.68 Å². The number of hydrogen-bond acceptors (Lipinski definition) is 3. The molecule has 0 amide bonds. The molecule has 0 radical (unpaired) electrons. The monoisotopic (exact) mass is 209 g/mol. The van der Waals surface area contributed by atoms with E-state index in [4.69, 9.17) is 0 Å². The van der Waals surface area contributed by atoms with Crippen LogP contribution in [0.15, 0.2) is 12.4 Å². The predicted octanol–water partition coefficient (Wildman–Crippen LogP) is 0.986. The summed E-state index contributed by atoms with van der Waals surface area (Å²) in [6, 6.07) is 0.253. The summed E-state index contributed by atoms with van der Waals surface area (Å²) in [5, 5.41) is 17.4. The van der Waals surface area contributed by atoms with Crippen LogP contribution in [0, 0.1) is 0 Å². The van der Waals surface area contributed by atoms with E-state index < -0.39 is 5.60 Å². The van der Waals surface area contributed by atoms with E-state index in [0.717, 1.165) is 19.3 Å². The lowest BCUT2D eigenvalue weighted by Gasteiger charge is -2.37. The molecule has 2 N–H and O–H groups in total. The standard InChI is InChI=1S/C11H19N3O/c1-9(10-6-13-14(2)7-10)12-8-11(15)4-3-5-11/h6-7,9,12,15H,3-5,8H2,1-2H3. The third-order valence-corrected chi connectivity index (χ3v) is 3.25. The summed E-state index contributed by atoms with van der Waals surface area (Å²) >= 11 is 0. The average molecular weight is 209 g/mol. The van der Waals surface area contributed by atoms with Crippen LogP contribution in [-0.4, -0.2) is 27.0 Å². The van der Waals surface area contributed by atoms with Gasteiger partial charge in [-0.05, 0) is 26.2 Å². The zero-order chi connectivity index (χ0) is 10.9. The molecule has 0 spiro atoms. The average Bonchev–Trinajstić information content (AvgIpc) is 2.58. The van der Waals surface area contributed by atoms with Crippen LogP contribution in [-0.2, 0) is 7.05 Å². The van der Waals surface area contributed by atoms with Crippen LogP contribution in [0.25, 0.3) is 0 Å². The number of rotatable bonds is 4. The van der Waals surface area contributed by atoms with Gasteiger partial charge in [-0.15, -0.1) is 0 Å². The highest BCUT2D eigenvalue weighted by Gasteiger charge is 2.34. The molecular formula is C11H19N3O. The molecule has 1 unspecified atom stereocenters. The first-order chi connectivity index (χ1) is 7.09. The van der Waals surface area contributed by atoms with Gasteiger partial charge in [-0.1, -0.05) is 0 Å². The van der Waals surface area contributed by atoms with Gasteiger partial charge in [0.25, 0.3) is 0 Å². The van der Waals surface area contributed by atoms with Crippen molar-refractivity contribution in [3.05, 3.63) is 18.0 Å². The summed E-state index contributed by atoms with van der Waals surface area (Å²) in [6.45, 7) is 2.78. The Morgan fingerprint density at radius 2 is 2.40 bits per heavy atom. The van der Waals surface area contributed by atoms with Gasteiger partial charge in [-0.2, -0.15) is 5.10 Å². The zero-order valence-corrected chi connectivity index (χ0v) is 9.40. The first-order valence-corrected chi connectivity index (χ1v) is 5.53. The molecule has 1 fully saturated rings. The smallest absolute Gasteiger partial charge is 0.0771 e. The molecule has 4 nitrogen and oxygen atoms in total. The van der Waals surface area contributed by atoms with Gasteiger partial charge in [0, 0.05) is 31.4 Å². The maximum absolute atomic E-state index is 9.93. The van der Waals surface area contributed by atoms with E-state index in [1.165, 1.54) is 5.56 Å². The molecule has 1 aliphatic carbocycles. The largest absolute Gasteiger partial charge is 0.389 e. The van der Waals surface area contributed by atoms with E-state index in [-0.39, 0.29) is 6.04 Å². The van der Waals surface area contributed by atoms with E-state index in [9.17, 15) is 5.11 Å². The Morgan fingerprint density at radius 3 is 2.87 bits per heavy atom. The highest BCUT2D eigenvalue weighted by Crippen LogP contribution is 2.31. The lowest BCUT2D eigenvalue weighted by molar-refractivity contribution is -0.0329. The Labute approximate surface area is 90.3 Å². The Hall–Kier alpha value is -0.870. The second kappa shape index (κ2) is 3.94. The normalized spacial score (nSPS) is 21.0. The fraction of sp³-hybridized carbons (Fsp3) is 0.727. The van der Waals surface area contributed by atoms with Gasteiger partial charge in [-0.25, -0.2) is 0 Å². The molecule has 1 atom stereocenters. The van der Waals surface area contributed by atoms with Crippen molar-refractivity contribution in [1.29, 1.82) is 0 Å². The van der Waals surface area contributed by atoms with Crippen LogP contribution in [0.4, 0.5) is 0 Å². The summed E-state index contributed by atoms with van der Waals surface area (Å²) in [4.78, 5) is 0. The molecule has 0 aliphatic heterocycles. The number of aromatic nitrogens is 2. The molecule has 0 saturated heterocycles. The number of aryl methyl sites for hydroxylation is 1. The summed E-state index contributed by atoms with van der Waals surface area (Å²) in [5.74, 6) is 0. The number of nitrogens with zero attached hydrogens (tertiary/aromatic N) is 2. The number of aliphatic hydroxyl groups is 1. The van der Waals surface area contributed by atoms with Gasteiger partial charge in [0.15, 0.2) is 0 Å². The number of nitrogens with one attached hydrogen (secondary N) is 1. The van der Waals surface area contributed by atoms with Crippen LogP contribution in [0.3, 0.4) is 0 Å². The molecular weight excluding hydrogens is 190 g/mol. The van der Waals surface area contributed by atoms with Crippen molar-refractivity contribution in [2.45, 2.75) is 37.8 Å². The third kappa shape index (κ3) is 2.38. The van der Waals surface area contributed by atoms with Crippen molar-refractivity contribution in [3.63, 3.8) is 0 Å². The highest BCUT2D eigenvalue weighted by molar-refractivity contribution is 5.09. The molecule has 1 heterocycles. The van der Waals surface area contributed by atoms with Crippen molar-refractivity contribution >= 4 is 0 Å². The van der Waals surface area contributed by atoms with Gasteiger partial charge < -0.3 is 10.4 Å². The summed E-state index contributed by atoms with van der Waals surface area (Å²) < 4.78 is 1.80. The SMILES string of the molecule is CC(NCC1(O)CCC1)c1cnn(C)c1. The van der Waals surface area contributed by atoms with E-state index in [2.05, 4.69) is 17.3 Å². The Morgan fingerprint density at radius 1 is 1.67 bits per heavy atom. The second-order valence-electron chi connectivity index (χ2n) is 4.63. The third-order valence-electron chi connectivity index (χ3n) is 3.25. The topological polar surface area (TPSA) is 50.1 Å². The van der Waals surface area contributed by atoms with Crippen LogP contribution < -0.4 is 5.32 Å². The van der Waals surface area contributed by atoms with Crippen LogP contribution in [0.5, 0.6) is 0 Å². The zero-order valence-electron chi connectivity index (χ0n) is 9.40. The second-order valence-corrected chi connectivity index (χ2v) is 4.63. The molecule has 1 aliphatic rings. The fourth-order valence-corrected chi connectivity index (χ4v) is 1.89. The van der Waals surface area contributed by atoms with Gasteiger partial charge in [0.1, 0.15) is 0 Å². The Kier molecular flexibility index (Phi) is 2.80. The van der Waals surface area contributed by atoms with Crippen LogP contribution in [0.2, 0.25) is 0 Å². The Bertz CT molecular complexity index is 330. The maximum atomic E-state index is 9.93. The first kappa shape index (κ1) is 10.6. The molecule has 84 valence electrons. The van der Waals surface area contributed by atoms with Crippen molar-refractivity contribution in [2.75, 3.05) is 6.54 Å². The molecule has 0 aromatic carbocycles. The molecule has 1 aromatic rings. The molecule has 0 bridgehead atoms. The highest BCUT2D eigenvalue weighted by atomic mass is 16.3.